The van der Waals surface area contributed by atoms with Crippen molar-refractivity contribution in [3.8, 4) is 0 Å². The molecule has 268 valence electrons. The lowest BCUT2D eigenvalue weighted by atomic mass is 10.1. The van der Waals surface area contributed by atoms with Crippen LogP contribution in [0, 0.1) is 0 Å². The highest BCUT2D eigenvalue weighted by atomic mass is 28.4. The van der Waals surface area contributed by atoms with E-state index in [4.69, 9.17) is 0 Å². The van der Waals surface area contributed by atoms with Gasteiger partial charge in [0.2, 0.25) is 20.1 Å². The van der Waals surface area contributed by atoms with Gasteiger partial charge in [-0.25, -0.2) is 0 Å². The Balaban J connectivity index is 0.000000270. The summed E-state index contributed by atoms with van der Waals surface area (Å²) in [4.78, 5) is 35.4. The quantitative estimate of drug-likeness (QED) is 0.0917. The third kappa shape index (κ3) is 11.1. The van der Waals surface area contributed by atoms with E-state index in [-0.39, 0.29) is 34.0 Å². The van der Waals surface area contributed by atoms with Crippen LogP contribution in [0.25, 0.3) is 0 Å². The van der Waals surface area contributed by atoms with Crippen molar-refractivity contribution >= 4 is 38.9 Å². The van der Waals surface area contributed by atoms with Gasteiger partial charge in [0.15, 0.2) is 0 Å². The van der Waals surface area contributed by atoms with Crippen molar-refractivity contribution in [2.45, 2.75) is 103 Å². The summed E-state index contributed by atoms with van der Waals surface area (Å²) in [5.41, 5.74) is 4.64. The molecule has 8 heteroatoms. The molecule has 0 saturated carbocycles. The molecule has 4 aromatic carbocycles. The molecule has 0 aliphatic carbocycles. The number of hydrogen-bond donors (Lipinski definition) is 3. The second kappa shape index (κ2) is 18.9. The van der Waals surface area contributed by atoms with Crippen LogP contribution in [0.4, 0.5) is 4.11 Å². The van der Waals surface area contributed by atoms with Crippen molar-refractivity contribution in [2.24, 2.45) is 0 Å². The van der Waals surface area contributed by atoms with Gasteiger partial charge in [0.05, 0.1) is 12.8 Å². The van der Waals surface area contributed by atoms with Crippen molar-refractivity contribution in [3.05, 3.63) is 131 Å². The highest BCUT2D eigenvalue weighted by molar-refractivity contribution is 6.88. The van der Waals surface area contributed by atoms with Crippen LogP contribution < -0.4 is 21.0 Å². The molecule has 0 spiro atoms. The van der Waals surface area contributed by atoms with Gasteiger partial charge in [-0.2, -0.15) is 0 Å². The van der Waals surface area contributed by atoms with E-state index in [1.165, 1.54) is 0 Å². The molecule has 4 aromatic rings. The fourth-order valence-electron chi connectivity index (χ4n) is 6.52. The van der Waals surface area contributed by atoms with E-state index in [1.54, 1.807) is 0 Å². The predicted octanol–water partition coefficient (Wildman–Crippen LogP) is 8.00. The molecule has 4 rings (SSSR count). The Labute approximate surface area is 302 Å². The van der Waals surface area contributed by atoms with Gasteiger partial charge in [-0.3, -0.25) is 9.59 Å². The maximum absolute atomic E-state index is 15.5. The summed E-state index contributed by atoms with van der Waals surface area (Å²) >= 11 is 0. The Morgan fingerprint density at radius 3 is 1.18 bits per heavy atom. The summed E-state index contributed by atoms with van der Waals surface area (Å²) in [5, 5.41) is 7.75. The van der Waals surface area contributed by atoms with E-state index in [2.05, 4.69) is 38.3 Å². The number of halogens is 1. The Kier molecular flexibility index (Phi) is 15.4. The predicted molar refractivity (Wildman–Crippen MR) is 211 cm³/mol. The van der Waals surface area contributed by atoms with Crippen LogP contribution in [0.3, 0.4) is 0 Å². The molecule has 3 N–H and O–H groups in total. The third-order valence-corrected chi connectivity index (χ3v) is 19.0. The summed E-state index contributed by atoms with van der Waals surface area (Å²) in [6.45, 7) is 17.3. The first-order chi connectivity index (χ1) is 23.7. The SMILES string of the molecule is CC(C)[Si](F)(c1ccc(CC(=O)NCc2ccccc2)cc1)C(C)C.CC(C)[Si](O)(c1ccc(CC(=O)NCc2ccccc2)cc1)C(C)C. The molecule has 5 nitrogen and oxygen atoms in total. The largest absolute Gasteiger partial charge is 0.427 e. The first kappa shape index (κ1) is 40.6. The number of hydrogen-bond acceptors (Lipinski definition) is 3. The highest BCUT2D eigenvalue weighted by Crippen LogP contribution is 2.33. The molecule has 0 atom stereocenters. The second-order valence-corrected chi connectivity index (χ2v) is 23.4. The molecule has 0 fully saturated rings. The van der Waals surface area contributed by atoms with E-state index < -0.39 is 16.7 Å². The summed E-state index contributed by atoms with van der Waals surface area (Å²) in [5.74, 6) is -0.00934. The smallest absolute Gasteiger partial charge is 0.282 e. The summed E-state index contributed by atoms with van der Waals surface area (Å²) in [7, 11) is -5.51. The maximum atomic E-state index is 15.5. The molecule has 2 amide bonds. The summed E-state index contributed by atoms with van der Waals surface area (Å²) < 4.78 is 15.5. The standard InChI is InChI=1S/C21H28FNOSi.C21H29NO2Si/c1-16(2)25(22,17(3)4)20-12-10-18(11-13-20)14-21(24)23-15-19-8-6-5-7-9-19;1-16(2)25(24,17(3)4)20-12-10-18(11-13-20)14-21(23)22-15-19-8-6-5-7-9-19/h5-13,16-17H,14-15H2,1-4H3,(H,23,24);5-13,16-17,24H,14-15H2,1-4H3,(H,22,23). The van der Waals surface area contributed by atoms with Gasteiger partial charge < -0.3 is 19.5 Å². The zero-order valence-electron chi connectivity index (χ0n) is 31.2. The van der Waals surface area contributed by atoms with Gasteiger partial charge >= 0.3 is 0 Å². The summed E-state index contributed by atoms with van der Waals surface area (Å²) in [6.07, 6.45) is 0.674. The zero-order valence-corrected chi connectivity index (χ0v) is 33.2. The number of carbonyl (C=O) groups is 2. The Morgan fingerprint density at radius 1 is 0.520 bits per heavy atom. The molecule has 0 aliphatic heterocycles. The van der Waals surface area contributed by atoms with Gasteiger partial charge in [-0.05, 0) is 54.8 Å². The highest BCUT2D eigenvalue weighted by Gasteiger charge is 2.43. The number of amides is 2. The van der Waals surface area contributed by atoms with E-state index in [9.17, 15) is 14.4 Å². The fraction of sp³-hybridized carbons (Fsp3) is 0.381. The van der Waals surface area contributed by atoms with E-state index in [0.717, 1.165) is 32.6 Å². The lowest BCUT2D eigenvalue weighted by Crippen LogP contribution is -2.53. The monoisotopic (exact) mass is 712 g/mol. The lowest BCUT2D eigenvalue weighted by molar-refractivity contribution is -0.121. The molecule has 0 radical (unpaired) electrons. The van der Waals surface area contributed by atoms with Crippen LogP contribution in [0.15, 0.2) is 109 Å². The molecular weight excluding hydrogens is 656 g/mol. The van der Waals surface area contributed by atoms with Crippen molar-refractivity contribution in [2.75, 3.05) is 0 Å². The van der Waals surface area contributed by atoms with Crippen LogP contribution >= 0.6 is 0 Å². The Morgan fingerprint density at radius 2 is 0.860 bits per heavy atom. The molecule has 0 saturated heterocycles. The Hall–Kier alpha value is -3.86. The molecule has 0 aromatic heterocycles. The van der Waals surface area contributed by atoms with Gasteiger partial charge in [0.1, 0.15) is 0 Å². The van der Waals surface area contributed by atoms with E-state index in [1.807, 2.05) is 137 Å². The molecule has 0 aliphatic rings. The van der Waals surface area contributed by atoms with Gasteiger partial charge in [-0.15, -0.1) is 0 Å². The normalized spacial score (nSPS) is 11.8. The zero-order chi connectivity index (χ0) is 36.9. The van der Waals surface area contributed by atoms with Gasteiger partial charge in [0, 0.05) is 13.1 Å². The maximum Gasteiger partial charge on any atom is 0.282 e. The van der Waals surface area contributed by atoms with E-state index >= 15 is 4.11 Å². The van der Waals surface area contributed by atoms with Gasteiger partial charge in [-0.1, -0.05) is 165 Å². The van der Waals surface area contributed by atoms with Crippen LogP contribution in [-0.4, -0.2) is 33.3 Å². The average Bonchev–Trinajstić information content (AvgIpc) is 3.10. The van der Waals surface area contributed by atoms with Gasteiger partial charge in [0.25, 0.3) is 8.41 Å². The van der Waals surface area contributed by atoms with Crippen LogP contribution in [-0.2, 0) is 35.5 Å². The number of carbonyl (C=O) groups excluding carboxylic acids is 2. The second-order valence-electron chi connectivity index (χ2n) is 14.5. The summed E-state index contributed by atoms with van der Waals surface area (Å²) in [6, 6.07) is 35.2. The topological polar surface area (TPSA) is 78.4 Å². The first-order valence-corrected chi connectivity index (χ1v) is 22.0. The van der Waals surface area contributed by atoms with Crippen molar-refractivity contribution in [3.63, 3.8) is 0 Å². The Bertz CT molecular complexity index is 1470. The number of nitrogens with one attached hydrogen (secondary N) is 2. The third-order valence-electron chi connectivity index (χ3n) is 9.65. The lowest BCUT2D eigenvalue weighted by Gasteiger charge is -2.33. The molecule has 50 heavy (non-hydrogen) atoms. The molecule has 0 bridgehead atoms. The fourth-order valence-corrected chi connectivity index (χ4v) is 13.2. The number of rotatable bonds is 14. The average molecular weight is 713 g/mol. The minimum absolute atomic E-state index is 0.0110. The molecular formula is C42H57FN2O3Si2. The van der Waals surface area contributed by atoms with Crippen LogP contribution in [0.1, 0.15) is 77.6 Å². The molecule has 0 heterocycles. The van der Waals surface area contributed by atoms with E-state index in [0.29, 0.717) is 25.9 Å². The van der Waals surface area contributed by atoms with Crippen molar-refractivity contribution in [1.82, 2.24) is 10.6 Å². The number of benzene rings is 4. The van der Waals surface area contributed by atoms with Crippen LogP contribution in [0.5, 0.6) is 0 Å². The molecule has 0 unspecified atom stereocenters. The first-order valence-electron chi connectivity index (χ1n) is 17.9. The van der Waals surface area contributed by atoms with Crippen LogP contribution in [0.2, 0.25) is 22.2 Å². The van der Waals surface area contributed by atoms with Crippen molar-refractivity contribution in [1.29, 1.82) is 0 Å². The minimum Gasteiger partial charge on any atom is -0.427 e. The van der Waals surface area contributed by atoms with Crippen molar-refractivity contribution < 1.29 is 18.5 Å². The minimum atomic E-state index is -3.00.